The van der Waals surface area contributed by atoms with Gasteiger partial charge in [0.05, 0.1) is 0 Å². The molecular formula is C19H23AlO. The third-order valence-corrected chi connectivity index (χ3v) is 5.11. The van der Waals surface area contributed by atoms with Crippen LogP contribution in [-0.2, 0) is 11.2 Å². The minimum absolute atomic E-state index is 0.00660. The molecule has 0 fully saturated rings. The van der Waals surface area contributed by atoms with Crippen molar-refractivity contribution in [1.29, 1.82) is 0 Å². The van der Waals surface area contributed by atoms with Gasteiger partial charge in [0.25, 0.3) is 0 Å². The van der Waals surface area contributed by atoms with Crippen molar-refractivity contribution in [2.24, 2.45) is 0 Å². The van der Waals surface area contributed by atoms with Crippen LogP contribution < -0.4 is 0 Å². The summed E-state index contributed by atoms with van der Waals surface area (Å²) in [6.45, 7) is 0. The van der Waals surface area contributed by atoms with Crippen LogP contribution >= 0.6 is 0 Å². The minimum atomic E-state index is 0.00660. The first kappa shape index (κ1) is 16.0. The first-order valence-corrected chi connectivity index (χ1v) is 10.3. The molecule has 0 aromatic heterocycles. The number of benzene rings is 2. The van der Waals surface area contributed by atoms with Gasteiger partial charge in [0, 0.05) is 12.3 Å². The highest BCUT2D eigenvalue weighted by Crippen LogP contribution is 2.24. The Morgan fingerprint density at radius 1 is 1.00 bits per heavy atom. The maximum atomic E-state index is 12.6. The van der Waals surface area contributed by atoms with E-state index in [1.165, 1.54) is 10.8 Å². The number of hydrogen-bond donors (Lipinski definition) is 0. The van der Waals surface area contributed by atoms with Gasteiger partial charge in [-0.3, -0.25) is 4.79 Å². The first-order chi connectivity index (χ1) is 10.3. The zero-order valence-corrected chi connectivity index (χ0v) is 14.2. The third kappa shape index (κ3) is 5.16. The summed E-state index contributed by atoms with van der Waals surface area (Å²) in [7, 11) is 0. The van der Waals surface area contributed by atoms with Crippen molar-refractivity contribution in [3.63, 3.8) is 0 Å². The van der Waals surface area contributed by atoms with Gasteiger partial charge in [0.1, 0.15) is 5.78 Å². The van der Waals surface area contributed by atoms with E-state index in [-0.39, 0.29) is 21.1 Å². The van der Waals surface area contributed by atoms with Crippen molar-refractivity contribution in [3.05, 3.63) is 71.8 Å². The van der Waals surface area contributed by atoms with Crippen molar-refractivity contribution in [3.8, 4) is 0 Å². The molecule has 0 aliphatic carbocycles. The molecule has 1 unspecified atom stereocenters. The Hall–Kier alpha value is -1.36. The van der Waals surface area contributed by atoms with Gasteiger partial charge >= 0.3 is 0 Å². The number of carbonyl (C=O) groups is 1. The molecule has 0 spiro atoms. The smallest absolute Gasteiger partial charge is 0.233 e. The molecular weight excluding hydrogens is 271 g/mol. The SMILES string of the molecule is [CH3][AlH][CH2]CCC(=O)C(Cc1ccccc1)c1ccccc1. The van der Waals surface area contributed by atoms with Gasteiger partial charge < -0.3 is 0 Å². The first-order valence-electron chi connectivity index (χ1n) is 7.93. The number of Topliss-reactive ketones (excluding diaryl/α,β-unsaturated/α-hetero) is 1. The largest absolute Gasteiger partial charge is 0.299 e. The molecule has 2 rings (SSSR count). The second-order valence-electron chi connectivity index (χ2n) is 5.58. The Balaban J connectivity index is 2.12. The molecule has 108 valence electrons. The van der Waals surface area contributed by atoms with Gasteiger partial charge in [-0.1, -0.05) is 72.4 Å². The van der Waals surface area contributed by atoms with Gasteiger partial charge in [-0.05, 0) is 17.5 Å². The summed E-state index contributed by atoms with van der Waals surface area (Å²) in [5.74, 6) is 2.71. The lowest BCUT2D eigenvalue weighted by Gasteiger charge is -2.16. The molecule has 0 heterocycles. The number of carbonyl (C=O) groups excluding carboxylic acids is 1. The van der Waals surface area contributed by atoms with Gasteiger partial charge in [-0.25, -0.2) is 0 Å². The van der Waals surface area contributed by atoms with E-state index in [0.717, 1.165) is 24.8 Å². The van der Waals surface area contributed by atoms with Crippen molar-refractivity contribution < 1.29 is 4.79 Å². The van der Waals surface area contributed by atoms with Crippen LogP contribution in [0.1, 0.15) is 29.9 Å². The van der Waals surface area contributed by atoms with E-state index in [9.17, 15) is 4.79 Å². The topological polar surface area (TPSA) is 17.1 Å². The van der Waals surface area contributed by atoms with E-state index >= 15 is 0 Å². The van der Waals surface area contributed by atoms with E-state index in [0.29, 0.717) is 5.78 Å². The molecule has 0 N–H and O–H groups in total. The van der Waals surface area contributed by atoms with Crippen LogP contribution in [0.5, 0.6) is 0 Å². The maximum absolute atomic E-state index is 12.6. The van der Waals surface area contributed by atoms with Crippen molar-refractivity contribution in [2.75, 3.05) is 0 Å². The predicted molar refractivity (Wildman–Crippen MR) is 91.4 cm³/mol. The average molecular weight is 294 g/mol. The van der Waals surface area contributed by atoms with Crippen LogP contribution in [-0.4, -0.2) is 21.0 Å². The molecule has 2 aromatic rings. The van der Waals surface area contributed by atoms with E-state index in [4.69, 9.17) is 0 Å². The van der Waals surface area contributed by atoms with Crippen LogP contribution in [0.4, 0.5) is 0 Å². The Kier molecular flexibility index (Phi) is 6.73. The molecule has 0 bridgehead atoms. The third-order valence-electron chi connectivity index (χ3n) is 3.90. The Morgan fingerprint density at radius 3 is 2.24 bits per heavy atom. The summed E-state index contributed by atoms with van der Waals surface area (Å²) in [5, 5.41) is 1.28. The summed E-state index contributed by atoms with van der Waals surface area (Å²) < 4.78 is 0. The van der Waals surface area contributed by atoms with Gasteiger partial charge in [-0.15, -0.1) is 5.79 Å². The fourth-order valence-electron chi connectivity index (χ4n) is 2.68. The fourth-order valence-corrected chi connectivity index (χ4v) is 3.43. The molecule has 2 aromatic carbocycles. The fraction of sp³-hybridized carbons (Fsp3) is 0.316. The highest BCUT2D eigenvalue weighted by Gasteiger charge is 2.20. The van der Waals surface area contributed by atoms with Crippen LogP contribution in [0.3, 0.4) is 0 Å². The van der Waals surface area contributed by atoms with Crippen LogP contribution in [0.15, 0.2) is 60.7 Å². The molecule has 0 amide bonds. The lowest BCUT2D eigenvalue weighted by molar-refractivity contribution is -0.120. The normalized spacial score (nSPS) is 11.9. The molecule has 21 heavy (non-hydrogen) atoms. The van der Waals surface area contributed by atoms with E-state index in [1.54, 1.807) is 0 Å². The lowest BCUT2D eigenvalue weighted by Crippen LogP contribution is -2.15. The number of rotatable bonds is 8. The molecule has 1 atom stereocenters. The highest BCUT2D eigenvalue weighted by molar-refractivity contribution is 6.33. The quantitative estimate of drug-likeness (QED) is 0.525. The zero-order chi connectivity index (χ0) is 14.9. The monoisotopic (exact) mass is 294 g/mol. The predicted octanol–water partition coefficient (Wildman–Crippen LogP) is 4.27. The van der Waals surface area contributed by atoms with Crippen LogP contribution in [0.25, 0.3) is 0 Å². The second-order valence-corrected chi connectivity index (χ2v) is 7.28. The highest BCUT2D eigenvalue weighted by atomic mass is 27.1. The molecule has 0 saturated heterocycles. The van der Waals surface area contributed by atoms with Gasteiger partial charge in [0.15, 0.2) is 0 Å². The molecule has 1 nitrogen and oxygen atoms in total. The molecule has 0 aliphatic heterocycles. The standard InChI is InChI=1S/C18H19O.CH3.Al.H/c1-2-9-18(19)17(16-12-7-4-8-13-16)14-15-10-5-3-6-11-15;;;/h3-8,10-13,17H,1-2,9,14H2;1H3;;. The number of hydrogen-bond acceptors (Lipinski definition) is 1. The van der Waals surface area contributed by atoms with Gasteiger partial charge in [0.2, 0.25) is 15.2 Å². The van der Waals surface area contributed by atoms with Gasteiger partial charge in [-0.2, -0.15) is 0 Å². The molecule has 0 radical (unpaired) electrons. The van der Waals surface area contributed by atoms with E-state index in [1.807, 2.05) is 36.4 Å². The van der Waals surface area contributed by atoms with E-state index < -0.39 is 0 Å². The molecule has 0 saturated carbocycles. The second kappa shape index (κ2) is 8.82. The molecule has 0 aliphatic rings. The Bertz CT molecular complexity index is 536. The Morgan fingerprint density at radius 2 is 1.62 bits per heavy atom. The van der Waals surface area contributed by atoms with Crippen molar-refractivity contribution in [2.45, 2.75) is 36.2 Å². The summed E-state index contributed by atoms with van der Waals surface area (Å²) >= 11 is 0.0745. The average Bonchev–Trinajstić information content (AvgIpc) is 2.54. The van der Waals surface area contributed by atoms with Crippen molar-refractivity contribution in [1.82, 2.24) is 0 Å². The number of ketones is 1. The minimum Gasteiger partial charge on any atom is -0.299 e. The maximum Gasteiger partial charge on any atom is 0.233 e. The summed E-state index contributed by atoms with van der Waals surface area (Å²) in [6, 6.07) is 20.6. The van der Waals surface area contributed by atoms with Crippen LogP contribution in [0.2, 0.25) is 11.1 Å². The van der Waals surface area contributed by atoms with Crippen LogP contribution in [0, 0.1) is 0 Å². The molecule has 2 heteroatoms. The van der Waals surface area contributed by atoms with Crippen molar-refractivity contribution >= 4 is 21.0 Å². The lowest BCUT2D eigenvalue weighted by atomic mass is 9.87. The van der Waals surface area contributed by atoms with E-state index in [2.05, 4.69) is 30.1 Å². The zero-order valence-electron chi connectivity index (χ0n) is 12.8. The summed E-state index contributed by atoms with van der Waals surface area (Å²) in [4.78, 5) is 12.6. The summed E-state index contributed by atoms with van der Waals surface area (Å²) in [6.07, 6.45) is 2.61. The Labute approximate surface area is 134 Å². The summed E-state index contributed by atoms with van der Waals surface area (Å²) in [5.41, 5.74) is 2.39.